The van der Waals surface area contributed by atoms with Crippen LogP contribution in [0, 0.1) is 0 Å². The van der Waals surface area contributed by atoms with Crippen LogP contribution in [-0.4, -0.2) is 53.6 Å². The van der Waals surface area contributed by atoms with E-state index in [0.29, 0.717) is 6.61 Å². The minimum Gasteiger partial charge on any atom is -0.388 e. The molecule has 2 N–H and O–H groups in total. The molecule has 2 aliphatic heterocycles. The maximum Gasteiger partial charge on any atom is 0.163 e. The van der Waals surface area contributed by atoms with Crippen molar-refractivity contribution in [2.24, 2.45) is 0 Å². The van der Waals surface area contributed by atoms with Gasteiger partial charge < -0.3 is 24.4 Å². The molecule has 0 saturated carbocycles. The number of ether oxygens (including phenoxy) is 3. The zero-order valence-electron chi connectivity index (χ0n) is 8.34. The lowest BCUT2D eigenvalue weighted by atomic mass is 9.99. The molecule has 0 spiro atoms. The number of hydrogen-bond donors (Lipinski definition) is 2. The molecule has 2 saturated heterocycles. The quantitative estimate of drug-likeness (QED) is 0.544. The maximum absolute atomic E-state index is 9.69. The van der Waals surface area contributed by atoms with E-state index in [1.54, 1.807) is 13.8 Å². The Labute approximate surface area is 82.6 Å². The molecule has 0 aromatic carbocycles. The molecular formula is C9H16O5. The summed E-state index contributed by atoms with van der Waals surface area (Å²) < 4.78 is 16.2. The highest BCUT2D eigenvalue weighted by molar-refractivity contribution is 4.91. The fourth-order valence-corrected chi connectivity index (χ4v) is 1.79. The van der Waals surface area contributed by atoms with Gasteiger partial charge in [0, 0.05) is 0 Å². The SMILES string of the molecule is CC1(C)OC[C@@H]2OC[C@H](O)[C@H](O)[C@@H]2O1. The first-order valence-electron chi connectivity index (χ1n) is 4.79. The van der Waals surface area contributed by atoms with Gasteiger partial charge >= 0.3 is 0 Å². The summed E-state index contributed by atoms with van der Waals surface area (Å²) in [4.78, 5) is 0. The molecule has 0 amide bonds. The monoisotopic (exact) mass is 204 g/mol. The summed E-state index contributed by atoms with van der Waals surface area (Å²) in [5, 5.41) is 19.1. The molecular weight excluding hydrogens is 188 g/mol. The van der Waals surface area contributed by atoms with Crippen LogP contribution in [-0.2, 0) is 14.2 Å². The fraction of sp³-hybridized carbons (Fsp3) is 1.00. The van der Waals surface area contributed by atoms with Crippen LogP contribution in [0.25, 0.3) is 0 Å². The number of aliphatic hydroxyl groups is 2. The van der Waals surface area contributed by atoms with Crippen molar-refractivity contribution in [3.63, 3.8) is 0 Å². The van der Waals surface area contributed by atoms with Gasteiger partial charge in [-0.15, -0.1) is 0 Å². The molecule has 0 unspecified atom stereocenters. The molecule has 0 radical (unpaired) electrons. The molecule has 82 valence electrons. The van der Waals surface area contributed by atoms with Crippen molar-refractivity contribution >= 4 is 0 Å². The van der Waals surface area contributed by atoms with Crippen LogP contribution in [0.3, 0.4) is 0 Å². The second-order valence-corrected chi connectivity index (χ2v) is 4.22. The Kier molecular flexibility index (Phi) is 2.53. The number of rotatable bonds is 0. The van der Waals surface area contributed by atoms with Crippen LogP contribution >= 0.6 is 0 Å². The highest BCUT2D eigenvalue weighted by atomic mass is 16.7. The molecule has 0 bridgehead atoms. The van der Waals surface area contributed by atoms with Crippen LogP contribution in [0.2, 0.25) is 0 Å². The lowest BCUT2D eigenvalue weighted by Gasteiger charge is -2.46. The van der Waals surface area contributed by atoms with Gasteiger partial charge in [0.05, 0.1) is 13.2 Å². The van der Waals surface area contributed by atoms with E-state index in [1.807, 2.05) is 0 Å². The van der Waals surface area contributed by atoms with Gasteiger partial charge in [-0.25, -0.2) is 0 Å². The Morgan fingerprint density at radius 3 is 2.64 bits per heavy atom. The predicted octanol–water partition coefficient (Wildman–Crippen LogP) is -0.742. The van der Waals surface area contributed by atoms with E-state index in [9.17, 15) is 10.2 Å². The summed E-state index contributed by atoms with van der Waals surface area (Å²) >= 11 is 0. The average Bonchev–Trinajstić information content (AvgIpc) is 2.11. The van der Waals surface area contributed by atoms with Gasteiger partial charge in [0.25, 0.3) is 0 Å². The first-order valence-corrected chi connectivity index (χ1v) is 4.79. The van der Waals surface area contributed by atoms with Gasteiger partial charge in [-0.3, -0.25) is 0 Å². The van der Waals surface area contributed by atoms with E-state index in [-0.39, 0.29) is 12.7 Å². The van der Waals surface area contributed by atoms with Gasteiger partial charge in [-0.1, -0.05) is 0 Å². The van der Waals surface area contributed by atoms with E-state index in [1.165, 1.54) is 0 Å². The van der Waals surface area contributed by atoms with Crippen molar-refractivity contribution in [2.75, 3.05) is 13.2 Å². The van der Waals surface area contributed by atoms with E-state index in [4.69, 9.17) is 14.2 Å². The van der Waals surface area contributed by atoms with Gasteiger partial charge in [0.15, 0.2) is 5.79 Å². The van der Waals surface area contributed by atoms with E-state index in [0.717, 1.165) is 0 Å². The van der Waals surface area contributed by atoms with Crippen molar-refractivity contribution in [1.82, 2.24) is 0 Å². The van der Waals surface area contributed by atoms with Gasteiger partial charge in [0.1, 0.15) is 24.4 Å². The highest BCUT2D eigenvalue weighted by Crippen LogP contribution is 2.29. The van der Waals surface area contributed by atoms with Crippen LogP contribution < -0.4 is 0 Å². The third-order valence-corrected chi connectivity index (χ3v) is 2.59. The molecule has 2 rings (SSSR count). The lowest BCUT2D eigenvalue weighted by Crippen LogP contribution is -2.61. The summed E-state index contributed by atoms with van der Waals surface area (Å²) in [6.45, 7) is 4.07. The van der Waals surface area contributed by atoms with Crippen molar-refractivity contribution in [3.8, 4) is 0 Å². The smallest absolute Gasteiger partial charge is 0.163 e. The van der Waals surface area contributed by atoms with Crippen molar-refractivity contribution in [3.05, 3.63) is 0 Å². The zero-order valence-corrected chi connectivity index (χ0v) is 8.34. The molecule has 4 atom stereocenters. The van der Waals surface area contributed by atoms with E-state index >= 15 is 0 Å². The van der Waals surface area contributed by atoms with Crippen LogP contribution in [0.5, 0.6) is 0 Å². The largest absolute Gasteiger partial charge is 0.388 e. The summed E-state index contributed by atoms with van der Waals surface area (Å²) in [6.07, 6.45) is -2.54. The van der Waals surface area contributed by atoms with Gasteiger partial charge in [-0.2, -0.15) is 0 Å². The lowest BCUT2D eigenvalue weighted by molar-refractivity contribution is -0.346. The Morgan fingerprint density at radius 2 is 1.93 bits per heavy atom. The predicted molar refractivity (Wildman–Crippen MR) is 46.7 cm³/mol. The Morgan fingerprint density at radius 1 is 1.21 bits per heavy atom. The third-order valence-electron chi connectivity index (χ3n) is 2.59. The molecule has 2 aliphatic rings. The molecule has 2 fully saturated rings. The summed E-state index contributed by atoms with van der Waals surface area (Å²) in [7, 11) is 0. The van der Waals surface area contributed by atoms with Crippen LogP contribution in [0.1, 0.15) is 13.8 Å². The molecule has 0 aliphatic carbocycles. The van der Waals surface area contributed by atoms with Crippen molar-refractivity contribution < 1.29 is 24.4 Å². The van der Waals surface area contributed by atoms with Crippen molar-refractivity contribution in [1.29, 1.82) is 0 Å². The van der Waals surface area contributed by atoms with E-state index in [2.05, 4.69) is 0 Å². The topological polar surface area (TPSA) is 68.2 Å². The number of aliphatic hydroxyl groups excluding tert-OH is 2. The molecule has 2 heterocycles. The Balaban J connectivity index is 2.08. The van der Waals surface area contributed by atoms with Gasteiger partial charge in [-0.05, 0) is 13.8 Å². The Bertz CT molecular complexity index is 215. The zero-order chi connectivity index (χ0) is 10.3. The first-order chi connectivity index (χ1) is 6.49. The molecule has 0 aromatic rings. The summed E-state index contributed by atoms with van der Waals surface area (Å²) in [6, 6.07) is 0. The third kappa shape index (κ3) is 1.78. The second-order valence-electron chi connectivity index (χ2n) is 4.22. The van der Waals surface area contributed by atoms with Crippen LogP contribution in [0.15, 0.2) is 0 Å². The fourth-order valence-electron chi connectivity index (χ4n) is 1.79. The van der Waals surface area contributed by atoms with Gasteiger partial charge in [0.2, 0.25) is 0 Å². The molecule has 5 nitrogen and oxygen atoms in total. The minimum atomic E-state index is -0.892. The molecule has 0 aromatic heterocycles. The van der Waals surface area contributed by atoms with Crippen molar-refractivity contribution in [2.45, 2.75) is 44.1 Å². The van der Waals surface area contributed by atoms with E-state index < -0.39 is 24.1 Å². The minimum absolute atomic E-state index is 0.134. The molecule has 14 heavy (non-hydrogen) atoms. The standard InChI is InChI=1S/C9H16O5/c1-9(2)13-4-6-8(14-9)7(11)5(10)3-12-6/h5-8,10-11H,3-4H2,1-2H3/t5-,6-,7-,8+/m0/s1. The summed E-state index contributed by atoms with van der Waals surface area (Å²) in [5.41, 5.74) is 0. The highest BCUT2D eigenvalue weighted by Gasteiger charge is 2.46. The number of fused-ring (bicyclic) bond motifs is 1. The molecule has 5 heteroatoms. The summed E-state index contributed by atoms with van der Waals surface area (Å²) in [5.74, 6) is -0.720. The first kappa shape index (κ1) is 10.3. The average molecular weight is 204 g/mol. The van der Waals surface area contributed by atoms with Crippen LogP contribution in [0.4, 0.5) is 0 Å². The Hall–Kier alpha value is -0.200. The number of hydrogen-bond acceptors (Lipinski definition) is 5. The maximum atomic E-state index is 9.69. The second kappa shape index (κ2) is 3.43. The normalized spacial score (nSPS) is 47.1.